The van der Waals surface area contributed by atoms with E-state index in [4.69, 9.17) is 11.6 Å². The second-order valence-corrected chi connectivity index (χ2v) is 8.39. The van der Waals surface area contributed by atoms with Crippen LogP contribution in [0.2, 0.25) is 5.02 Å². The largest absolute Gasteiger partial charge is 0.318 e. The average Bonchev–Trinajstić information content (AvgIpc) is 3.15. The molecule has 1 aromatic carbocycles. The monoisotopic (exact) mass is 414 g/mol. The number of carbonyl (C=O) groups excluding carboxylic acids is 1. The van der Waals surface area contributed by atoms with Crippen LogP contribution in [0.1, 0.15) is 34.5 Å². The molecule has 28 heavy (non-hydrogen) atoms. The molecule has 0 aliphatic carbocycles. The summed E-state index contributed by atoms with van der Waals surface area (Å²) in [7, 11) is 0. The van der Waals surface area contributed by atoms with Crippen molar-refractivity contribution in [2.45, 2.75) is 44.6 Å². The second kappa shape index (κ2) is 8.37. The summed E-state index contributed by atoms with van der Waals surface area (Å²) in [6.07, 6.45) is 1.80. The van der Waals surface area contributed by atoms with Gasteiger partial charge in [0.05, 0.1) is 5.25 Å². The quantitative estimate of drug-likeness (QED) is 0.303. The minimum absolute atomic E-state index is 0.0733. The topological polar surface area (TPSA) is 52.7 Å². The van der Waals surface area contributed by atoms with Gasteiger partial charge in [-0.05, 0) is 58.0 Å². The fraction of sp³-hybridized carbons (Fsp3) is 0.286. The van der Waals surface area contributed by atoms with Crippen molar-refractivity contribution in [2.75, 3.05) is 0 Å². The van der Waals surface area contributed by atoms with Crippen LogP contribution >= 0.6 is 23.4 Å². The van der Waals surface area contributed by atoms with Gasteiger partial charge in [-0.15, -0.1) is 16.8 Å². The first-order chi connectivity index (χ1) is 13.3. The minimum atomic E-state index is -0.286. The number of benzene rings is 1. The summed E-state index contributed by atoms with van der Waals surface area (Å²) >= 11 is 7.43. The van der Waals surface area contributed by atoms with Gasteiger partial charge in [0.25, 0.3) is 0 Å². The van der Waals surface area contributed by atoms with Crippen molar-refractivity contribution in [3.63, 3.8) is 0 Å². The Balaban J connectivity index is 1.87. The van der Waals surface area contributed by atoms with Gasteiger partial charge in [-0.1, -0.05) is 29.4 Å². The molecule has 0 radical (unpaired) electrons. The van der Waals surface area contributed by atoms with E-state index in [-0.39, 0.29) is 11.0 Å². The number of hydrogen-bond acceptors (Lipinski definition) is 4. The highest BCUT2D eigenvalue weighted by Gasteiger charge is 2.24. The van der Waals surface area contributed by atoms with Gasteiger partial charge >= 0.3 is 0 Å². The van der Waals surface area contributed by atoms with Gasteiger partial charge in [-0.25, -0.2) is 0 Å². The number of carbonyl (C=O) groups is 1. The Hall–Kier alpha value is -2.31. The Labute approximate surface area is 174 Å². The van der Waals surface area contributed by atoms with E-state index in [9.17, 15) is 4.79 Å². The third kappa shape index (κ3) is 3.93. The van der Waals surface area contributed by atoms with Crippen molar-refractivity contribution in [1.82, 2.24) is 19.3 Å². The van der Waals surface area contributed by atoms with E-state index in [1.165, 1.54) is 11.8 Å². The van der Waals surface area contributed by atoms with E-state index in [0.29, 0.717) is 11.6 Å². The third-order valence-corrected chi connectivity index (χ3v) is 5.98. The number of allylic oxidation sites excluding steroid dienone is 1. The summed E-state index contributed by atoms with van der Waals surface area (Å²) in [6, 6.07) is 9.56. The molecule has 7 heteroatoms. The van der Waals surface area contributed by atoms with Gasteiger partial charge in [0.1, 0.15) is 5.82 Å². The molecule has 0 amide bonds. The van der Waals surface area contributed by atoms with Crippen LogP contribution in [0.4, 0.5) is 0 Å². The summed E-state index contributed by atoms with van der Waals surface area (Å²) in [5.41, 5.74) is 3.63. The Bertz CT molecular complexity index is 1020. The number of aromatic nitrogens is 4. The zero-order chi connectivity index (χ0) is 20.4. The van der Waals surface area contributed by atoms with E-state index in [1.807, 2.05) is 62.6 Å². The van der Waals surface area contributed by atoms with Crippen molar-refractivity contribution >= 4 is 29.1 Å². The van der Waals surface area contributed by atoms with Crippen LogP contribution in [0, 0.1) is 20.8 Å². The van der Waals surface area contributed by atoms with Gasteiger partial charge in [-0.2, -0.15) is 0 Å². The normalized spacial score (nSPS) is 12.2. The first-order valence-corrected chi connectivity index (χ1v) is 10.3. The first kappa shape index (κ1) is 20.4. The lowest BCUT2D eigenvalue weighted by atomic mass is 10.1. The zero-order valence-electron chi connectivity index (χ0n) is 16.4. The van der Waals surface area contributed by atoms with E-state index in [0.717, 1.165) is 33.6 Å². The molecular formula is C21H23ClN4OS. The lowest BCUT2D eigenvalue weighted by Gasteiger charge is -2.12. The van der Waals surface area contributed by atoms with Crippen LogP contribution in [0.5, 0.6) is 0 Å². The smallest absolute Gasteiger partial charge is 0.192 e. The molecule has 0 saturated heterocycles. The number of nitrogens with zero attached hydrogens (tertiary/aromatic N) is 4. The van der Waals surface area contributed by atoms with E-state index >= 15 is 0 Å². The molecule has 3 aromatic rings. The first-order valence-electron chi connectivity index (χ1n) is 9.00. The molecule has 0 spiro atoms. The van der Waals surface area contributed by atoms with Crippen LogP contribution in [-0.2, 0) is 6.54 Å². The predicted octanol–water partition coefficient (Wildman–Crippen LogP) is 5.20. The highest BCUT2D eigenvalue weighted by Crippen LogP contribution is 2.28. The molecule has 2 heterocycles. The van der Waals surface area contributed by atoms with Crippen LogP contribution in [0.15, 0.2) is 48.1 Å². The molecule has 0 unspecified atom stereocenters. The van der Waals surface area contributed by atoms with Crippen LogP contribution in [0.25, 0.3) is 5.69 Å². The van der Waals surface area contributed by atoms with Crippen molar-refractivity contribution in [3.05, 3.63) is 70.8 Å². The standard InChI is InChI=1S/C21H23ClN4OS/c1-6-11-25-16(5)23-24-21(25)28-15(4)20(27)19-12-13(2)26(14(19)3)18-9-7-17(22)8-10-18/h6-10,12,15H,1,11H2,2-5H3/t15-/m0/s1. The number of ketones is 1. The van der Waals surface area contributed by atoms with Crippen LogP contribution in [0.3, 0.4) is 0 Å². The maximum atomic E-state index is 13.2. The summed E-state index contributed by atoms with van der Waals surface area (Å²) in [6.45, 7) is 12.2. The third-order valence-electron chi connectivity index (χ3n) is 4.65. The molecule has 1 atom stereocenters. The summed E-state index contributed by atoms with van der Waals surface area (Å²) in [4.78, 5) is 13.2. The maximum absolute atomic E-state index is 13.2. The Morgan fingerprint density at radius 3 is 2.57 bits per heavy atom. The Morgan fingerprint density at radius 1 is 1.25 bits per heavy atom. The molecule has 0 N–H and O–H groups in total. The fourth-order valence-corrected chi connectivity index (χ4v) is 4.32. The minimum Gasteiger partial charge on any atom is -0.318 e. The predicted molar refractivity (Wildman–Crippen MR) is 115 cm³/mol. The van der Waals surface area contributed by atoms with Gasteiger partial charge in [0, 0.05) is 34.2 Å². The lowest BCUT2D eigenvalue weighted by Crippen LogP contribution is -2.16. The second-order valence-electron chi connectivity index (χ2n) is 6.65. The van der Waals surface area contributed by atoms with Crippen molar-refractivity contribution in [2.24, 2.45) is 0 Å². The van der Waals surface area contributed by atoms with Gasteiger partial charge in [-0.3, -0.25) is 4.79 Å². The molecule has 5 nitrogen and oxygen atoms in total. The molecule has 0 bridgehead atoms. The number of rotatable bonds is 7. The summed E-state index contributed by atoms with van der Waals surface area (Å²) in [5, 5.41) is 9.46. The van der Waals surface area contributed by atoms with Crippen LogP contribution in [-0.4, -0.2) is 30.4 Å². The van der Waals surface area contributed by atoms with E-state index in [2.05, 4.69) is 21.3 Å². The number of halogens is 1. The molecule has 0 saturated carbocycles. The van der Waals surface area contributed by atoms with Crippen LogP contribution < -0.4 is 0 Å². The summed E-state index contributed by atoms with van der Waals surface area (Å²) in [5.74, 6) is 0.882. The number of aryl methyl sites for hydroxylation is 2. The van der Waals surface area contributed by atoms with Crippen molar-refractivity contribution in [1.29, 1.82) is 0 Å². The zero-order valence-corrected chi connectivity index (χ0v) is 18.0. The molecule has 3 rings (SSSR count). The molecular weight excluding hydrogens is 392 g/mol. The number of thioether (sulfide) groups is 1. The molecule has 146 valence electrons. The van der Waals surface area contributed by atoms with Crippen molar-refractivity contribution < 1.29 is 4.79 Å². The van der Waals surface area contributed by atoms with Gasteiger partial charge < -0.3 is 9.13 Å². The maximum Gasteiger partial charge on any atom is 0.192 e. The Kier molecular flexibility index (Phi) is 6.10. The van der Waals surface area contributed by atoms with E-state index in [1.54, 1.807) is 6.08 Å². The molecule has 0 aliphatic rings. The Morgan fingerprint density at radius 2 is 1.93 bits per heavy atom. The van der Waals surface area contributed by atoms with Gasteiger partial charge in [0.15, 0.2) is 10.9 Å². The van der Waals surface area contributed by atoms with Gasteiger partial charge in [0.2, 0.25) is 0 Å². The molecule has 0 fully saturated rings. The lowest BCUT2D eigenvalue weighted by molar-refractivity contribution is 0.0993. The summed E-state index contributed by atoms with van der Waals surface area (Å²) < 4.78 is 4.03. The molecule has 0 aliphatic heterocycles. The van der Waals surface area contributed by atoms with Crippen molar-refractivity contribution in [3.8, 4) is 5.69 Å². The average molecular weight is 415 g/mol. The fourth-order valence-electron chi connectivity index (χ4n) is 3.22. The number of hydrogen-bond donors (Lipinski definition) is 0. The van der Waals surface area contributed by atoms with E-state index < -0.39 is 0 Å². The highest BCUT2D eigenvalue weighted by molar-refractivity contribution is 8.00. The number of Topliss-reactive ketones (excluding diaryl/α,β-unsaturated/α-hetero) is 1. The SMILES string of the molecule is C=CCn1c(C)nnc1S[C@@H](C)C(=O)c1cc(C)n(-c2ccc(Cl)cc2)c1C. The highest BCUT2D eigenvalue weighted by atomic mass is 35.5. The molecule has 2 aromatic heterocycles.